The van der Waals surface area contributed by atoms with Crippen LogP contribution in [0.3, 0.4) is 0 Å². The van der Waals surface area contributed by atoms with Gasteiger partial charge in [0.05, 0.1) is 39.1 Å². The van der Waals surface area contributed by atoms with Gasteiger partial charge in [0.25, 0.3) is 0 Å². The largest absolute Gasteiger partial charge is 0.266 e. The lowest BCUT2D eigenvalue weighted by atomic mass is 10.2. The molecule has 2 aromatic rings. The first-order valence-electron chi connectivity index (χ1n) is 12.1. The van der Waals surface area contributed by atoms with Crippen molar-refractivity contribution in [1.29, 1.82) is 0 Å². The lowest BCUT2D eigenvalue weighted by molar-refractivity contribution is -0.664. The summed E-state index contributed by atoms with van der Waals surface area (Å²) in [5.41, 5.74) is 8.63. The summed E-state index contributed by atoms with van der Waals surface area (Å²) in [4.78, 5) is 0. The Labute approximate surface area is 201 Å². The van der Waals surface area contributed by atoms with Gasteiger partial charge in [-0.2, -0.15) is 0 Å². The normalized spacial score (nSPS) is 13.8. The molecule has 0 aliphatic heterocycles. The minimum Gasteiger partial charge on any atom is -0.266 e. The standard InChI is InChI=1S/C26H51N4Si2/c1-18-19(2)28(15)22(27(18)14)31(23-29(16)20(3)21(4)30(23)17)32(24(5,6)7,25(8,9)10)26(11,12)13/h1-17H3/q+1. The molecule has 0 amide bonds. The highest BCUT2D eigenvalue weighted by molar-refractivity contribution is 7.44. The van der Waals surface area contributed by atoms with E-state index in [0.29, 0.717) is 0 Å². The van der Waals surface area contributed by atoms with Crippen LogP contribution in [-0.2, 0) is 28.2 Å². The van der Waals surface area contributed by atoms with E-state index in [2.05, 4.69) is 136 Å². The number of imidazole rings is 2. The van der Waals surface area contributed by atoms with Crippen LogP contribution in [0, 0.1) is 27.7 Å². The first-order chi connectivity index (χ1) is 14.2. The fourth-order valence-electron chi connectivity index (χ4n) is 7.66. The maximum Gasteiger partial charge on any atom is 0.139 e. The van der Waals surface area contributed by atoms with E-state index in [4.69, 9.17) is 0 Å². The Bertz CT molecular complexity index is 876. The quantitative estimate of drug-likeness (QED) is 0.475. The summed E-state index contributed by atoms with van der Waals surface area (Å²) in [6.45, 7) is 32.1. The van der Waals surface area contributed by atoms with Gasteiger partial charge in [-0.25, -0.2) is 0 Å². The fraction of sp³-hybridized carbons (Fsp3) is 0.769. The van der Waals surface area contributed by atoms with E-state index in [9.17, 15) is 0 Å². The zero-order chi connectivity index (χ0) is 25.4. The predicted molar refractivity (Wildman–Crippen MR) is 142 cm³/mol. The van der Waals surface area contributed by atoms with Gasteiger partial charge >= 0.3 is 0 Å². The topological polar surface area (TPSA) is 17.6 Å². The Kier molecular flexibility index (Phi) is 6.75. The molecule has 0 bridgehead atoms. The minimum atomic E-state index is -2.14. The molecule has 0 saturated heterocycles. The van der Waals surface area contributed by atoms with Crippen molar-refractivity contribution < 1.29 is 9.13 Å². The van der Waals surface area contributed by atoms with Crippen LogP contribution in [0.1, 0.15) is 85.1 Å². The highest BCUT2D eigenvalue weighted by atomic mass is 29.2. The highest BCUT2D eigenvalue weighted by Gasteiger charge is 2.60. The molecule has 0 spiro atoms. The third-order valence-corrected chi connectivity index (χ3v) is 28.6. The molecule has 2 aromatic heterocycles. The Hall–Kier alpha value is -1.15. The second-order valence-corrected chi connectivity index (χ2v) is 24.5. The Morgan fingerprint density at radius 1 is 0.594 bits per heavy atom. The van der Waals surface area contributed by atoms with Gasteiger partial charge in [-0.15, -0.1) is 0 Å². The van der Waals surface area contributed by atoms with Crippen LogP contribution < -0.4 is 20.0 Å². The molecule has 182 valence electrons. The first kappa shape index (κ1) is 27.1. The SMILES string of the molecule is Cc1c(C)[n+](C)c([Si-](c2n(C)c(C)c(C)[n+]2C)[Si](C(C)(C)C)(C(C)(C)C)C(C)(C)C)n1C. The molecule has 0 aliphatic carbocycles. The minimum absolute atomic E-state index is 0.218. The molecule has 0 radical (unpaired) electrons. The van der Waals surface area contributed by atoms with E-state index < -0.39 is 15.9 Å². The van der Waals surface area contributed by atoms with Crippen molar-refractivity contribution in [2.45, 2.75) is 105 Å². The number of aromatic nitrogens is 4. The average Bonchev–Trinajstić information content (AvgIpc) is 2.90. The summed E-state index contributed by atoms with van der Waals surface area (Å²) in [6, 6.07) is 0. The summed E-state index contributed by atoms with van der Waals surface area (Å²) in [6.07, 6.45) is 0. The molecule has 0 aliphatic rings. The average molecular weight is 476 g/mol. The molecule has 0 aromatic carbocycles. The van der Waals surface area contributed by atoms with Crippen molar-refractivity contribution in [3.8, 4) is 0 Å². The van der Waals surface area contributed by atoms with Gasteiger partial charge in [0.2, 0.25) is 0 Å². The van der Waals surface area contributed by atoms with Gasteiger partial charge in [-0.1, -0.05) is 77.4 Å². The zero-order valence-corrected chi connectivity index (χ0v) is 26.3. The fourth-order valence-corrected chi connectivity index (χ4v) is 30.3. The number of hydrogen-bond acceptors (Lipinski definition) is 0. The van der Waals surface area contributed by atoms with Gasteiger partial charge in [-0.3, -0.25) is 18.3 Å². The van der Waals surface area contributed by atoms with Crippen molar-refractivity contribution in [1.82, 2.24) is 9.13 Å². The van der Waals surface area contributed by atoms with Crippen LogP contribution in [0.25, 0.3) is 0 Å². The van der Waals surface area contributed by atoms with Gasteiger partial charge in [0.1, 0.15) is 22.8 Å². The summed E-state index contributed by atoms with van der Waals surface area (Å²) in [5.74, 6) is 0. The molecule has 0 saturated carbocycles. The third kappa shape index (κ3) is 3.51. The molecular formula is C26H51N4Si2+. The van der Waals surface area contributed by atoms with Gasteiger partial charge in [0, 0.05) is 27.7 Å². The molecule has 2 rings (SSSR count). The Morgan fingerprint density at radius 3 is 1.00 bits per heavy atom. The lowest BCUT2D eigenvalue weighted by Crippen LogP contribution is -2.84. The maximum absolute atomic E-state index is 2.55. The molecule has 0 fully saturated rings. The molecule has 4 nitrogen and oxygen atoms in total. The van der Waals surface area contributed by atoms with Gasteiger partial charge in [0.15, 0.2) is 0 Å². The number of rotatable bonds is 3. The van der Waals surface area contributed by atoms with Crippen LogP contribution >= 0.6 is 0 Å². The first-order valence-corrected chi connectivity index (χ1v) is 16.6. The summed E-state index contributed by atoms with van der Waals surface area (Å²) >= 11 is 0. The summed E-state index contributed by atoms with van der Waals surface area (Å²) < 4.78 is 10.1. The van der Waals surface area contributed by atoms with Crippen molar-refractivity contribution in [3.05, 3.63) is 22.8 Å². The van der Waals surface area contributed by atoms with E-state index in [0.717, 1.165) is 0 Å². The van der Waals surface area contributed by atoms with E-state index in [-0.39, 0.29) is 15.1 Å². The van der Waals surface area contributed by atoms with E-state index >= 15 is 0 Å². The lowest BCUT2D eigenvalue weighted by Gasteiger charge is -2.68. The van der Waals surface area contributed by atoms with Crippen molar-refractivity contribution in [2.75, 3.05) is 0 Å². The molecular weight excluding hydrogens is 424 g/mol. The van der Waals surface area contributed by atoms with Gasteiger partial charge in [-0.05, 0) is 15.9 Å². The Balaban J connectivity index is 3.32. The van der Waals surface area contributed by atoms with Crippen LogP contribution in [0.5, 0.6) is 0 Å². The molecule has 0 atom stereocenters. The van der Waals surface area contributed by atoms with Crippen molar-refractivity contribution in [2.24, 2.45) is 28.2 Å². The van der Waals surface area contributed by atoms with Crippen LogP contribution in [0.2, 0.25) is 15.1 Å². The molecule has 0 unspecified atom stereocenters. The predicted octanol–water partition coefficient (Wildman–Crippen LogP) is 3.78. The van der Waals surface area contributed by atoms with E-state index in [1.165, 1.54) is 22.8 Å². The second kappa shape index (κ2) is 7.97. The van der Waals surface area contributed by atoms with E-state index in [1.807, 2.05) is 0 Å². The highest BCUT2D eigenvalue weighted by Crippen LogP contribution is 2.62. The summed E-state index contributed by atoms with van der Waals surface area (Å²) in [7, 11) is 5.88. The number of nitrogens with zero attached hydrogens (tertiary/aromatic N) is 4. The monoisotopic (exact) mass is 475 g/mol. The maximum atomic E-state index is 2.55. The molecule has 6 heteroatoms. The van der Waals surface area contributed by atoms with Crippen LogP contribution in [-0.4, -0.2) is 25.0 Å². The van der Waals surface area contributed by atoms with Crippen LogP contribution in [0.4, 0.5) is 0 Å². The molecule has 2 heterocycles. The molecule has 0 N–H and O–H groups in total. The zero-order valence-electron chi connectivity index (χ0n) is 24.3. The van der Waals surface area contributed by atoms with Crippen LogP contribution in [0.15, 0.2) is 0 Å². The third-order valence-electron chi connectivity index (χ3n) is 8.53. The van der Waals surface area contributed by atoms with E-state index in [1.54, 1.807) is 10.9 Å². The number of hydrogen-bond donors (Lipinski definition) is 0. The van der Waals surface area contributed by atoms with Crippen molar-refractivity contribution >= 4 is 26.8 Å². The Morgan fingerprint density at radius 2 is 0.844 bits per heavy atom. The smallest absolute Gasteiger partial charge is 0.139 e. The summed E-state index contributed by atoms with van der Waals surface area (Å²) in [5, 5.41) is 0.655. The van der Waals surface area contributed by atoms with Crippen molar-refractivity contribution in [3.63, 3.8) is 0 Å². The van der Waals surface area contributed by atoms with Gasteiger partial charge < -0.3 is 0 Å². The second-order valence-electron chi connectivity index (χ2n) is 13.1. The molecule has 32 heavy (non-hydrogen) atoms.